The monoisotopic (exact) mass is 84.0 g/mol. The zero-order valence-corrected chi connectivity index (χ0v) is 3.06. The quantitative estimate of drug-likeness (QED) is 0.407. The fraction of sp³-hybridized carbons (Fsp3) is 0.333. The van der Waals surface area contributed by atoms with Crippen LogP contribution in [0.25, 0.3) is 0 Å². The van der Waals surface area contributed by atoms with Crippen molar-refractivity contribution < 1.29 is 4.74 Å². The molecule has 6 heavy (non-hydrogen) atoms. The van der Waals surface area contributed by atoms with Crippen molar-refractivity contribution in [3.05, 3.63) is 12.1 Å². The van der Waals surface area contributed by atoms with Crippen LogP contribution in [-0.4, -0.2) is 6.35 Å². The van der Waals surface area contributed by atoms with E-state index in [1.54, 1.807) is 0 Å². The average molecular weight is 84.1 g/mol. The Balaban J connectivity index is 2.37. The summed E-state index contributed by atoms with van der Waals surface area (Å²) >= 11 is 0. The summed E-state index contributed by atoms with van der Waals surface area (Å²) < 4.78 is 4.89. The van der Waals surface area contributed by atoms with E-state index in [1.165, 1.54) is 0 Å². The van der Waals surface area contributed by atoms with E-state index in [0.717, 1.165) is 5.88 Å². The fourth-order valence-electron chi connectivity index (χ4n) is 0.564. The van der Waals surface area contributed by atoms with Crippen molar-refractivity contribution in [1.29, 1.82) is 0 Å². The van der Waals surface area contributed by atoms with Gasteiger partial charge in [0.15, 0.2) is 0 Å². The van der Waals surface area contributed by atoms with Crippen LogP contribution < -0.4 is 10.6 Å². The van der Waals surface area contributed by atoms with E-state index in [-0.39, 0.29) is 6.35 Å². The molecule has 32 valence electrons. The second-order valence-corrected chi connectivity index (χ2v) is 1.32. The Bertz CT molecular complexity index is 98.6. The topological polar surface area (TPSA) is 33.3 Å². The average Bonchev–Trinajstić information content (AvgIpc) is 1.72. The number of hydrogen-bond donors (Lipinski definition) is 2. The lowest BCUT2D eigenvalue weighted by Gasteiger charge is -2.22. The highest BCUT2D eigenvalue weighted by Gasteiger charge is 2.27. The summed E-state index contributed by atoms with van der Waals surface area (Å²) in [5.41, 5.74) is 0. The summed E-state index contributed by atoms with van der Waals surface area (Å²) in [6.07, 6.45) is 1.91. The van der Waals surface area contributed by atoms with Crippen molar-refractivity contribution in [3.8, 4) is 0 Å². The molecule has 0 aliphatic carbocycles. The SMILES string of the molecule is C1=C2NC(N1)O2. The van der Waals surface area contributed by atoms with Crippen LogP contribution in [0.2, 0.25) is 0 Å². The lowest BCUT2D eigenvalue weighted by atomic mass is 10.8. The summed E-state index contributed by atoms with van der Waals surface area (Å²) in [7, 11) is 0. The zero-order chi connectivity index (χ0) is 3.98. The number of ether oxygens (including phenoxy) is 1. The highest BCUT2D eigenvalue weighted by atomic mass is 16.6. The van der Waals surface area contributed by atoms with Crippen LogP contribution in [0.15, 0.2) is 12.1 Å². The molecule has 0 aromatic rings. The molecule has 2 N–H and O–H groups in total. The van der Waals surface area contributed by atoms with Crippen LogP contribution in [0.5, 0.6) is 0 Å². The van der Waals surface area contributed by atoms with Gasteiger partial charge in [-0.15, -0.1) is 0 Å². The predicted molar refractivity (Wildman–Crippen MR) is 19.2 cm³/mol. The second-order valence-electron chi connectivity index (χ2n) is 1.32. The van der Waals surface area contributed by atoms with Gasteiger partial charge in [0.1, 0.15) is 0 Å². The number of nitrogens with one attached hydrogen (secondary N) is 2. The Kier molecular flexibility index (Phi) is 0.190. The van der Waals surface area contributed by atoms with Gasteiger partial charge in [0.25, 0.3) is 6.35 Å². The summed E-state index contributed by atoms with van der Waals surface area (Å²) in [5, 5.41) is 5.84. The van der Waals surface area contributed by atoms with Crippen molar-refractivity contribution in [1.82, 2.24) is 10.6 Å². The molecular weight excluding hydrogens is 80.0 g/mol. The normalized spacial score (nSPS) is 34.7. The lowest BCUT2D eigenvalue weighted by molar-refractivity contribution is -0.000435. The molecule has 3 nitrogen and oxygen atoms in total. The molecule has 1 fully saturated rings. The maximum absolute atomic E-state index is 4.89. The van der Waals surface area contributed by atoms with E-state index in [0.29, 0.717) is 0 Å². The number of hydrogen-bond acceptors (Lipinski definition) is 3. The van der Waals surface area contributed by atoms with Gasteiger partial charge in [0, 0.05) is 0 Å². The predicted octanol–water partition coefficient (Wildman–Crippen LogP) is -0.708. The van der Waals surface area contributed by atoms with Crippen molar-refractivity contribution in [3.63, 3.8) is 0 Å². The third-order valence-corrected chi connectivity index (χ3v) is 0.884. The van der Waals surface area contributed by atoms with E-state index >= 15 is 0 Å². The van der Waals surface area contributed by atoms with Crippen molar-refractivity contribution in [2.24, 2.45) is 0 Å². The molecule has 3 rings (SSSR count). The summed E-state index contributed by atoms with van der Waals surface area (Å²) in [6.45, 7) is 0. The molecule has 2 bridgehead atoms. The molecule has 0 amide bonds. The van der Waals surface area contributed by atoms with E-state index < -0.39 is 0 Å². The van der Waals surface area contributed by atoms with Crippen LogP contribution in [0, 0.1) is 0 Å². The molecule has 0 aromatic heterocycles. The summed E-state index contributed by atoms with van der Waals surface area (Å²) in [5.74, 6) is 0.861. The molecule has 0 saturated carbocycles. The Morgan fingerprint density at radius 1 is 1.83 bits per heavy atom. The van der Waals surface area contributed by atoms with Gasteiger partial charge in [-0.3, -0.25) is 0 Å². The van der Waals surface area contributed by atoms with Gasteiger partial charge < -0.3 is 15.4 Å². The highest BCUT2D eigenvalue weighted by molar-refractivity contribution is 5.05. The van der Waals surface area contributed by atoms with Gasteiger partial charge >= 0.3 is 0 Å². The zero-order valence-electron chi connectivity index (χ0n) is 3.06. The Morgan fingerprint density at radius 2 is 2.67 bits per heavy atom. The van der Waals surface area contributed by atoms with Gasteiger partial charge in [-0.05, 0) is 0 Å². The van der Waals surface area contributed by atoms with E-state index in [1.807, 2.05) is 6.20 Å². The van der Waals surface area contributed by atoms with E-state index in [4.69, 9.17) is 4.74 Å². The Labute approximate surface area is 35.0 Å². The standard InChI is InChI=1S/C3H4N2O/c1-2-5-3(4-1)6-2/h1,3-5H. The van der Waals surface area contributed by atoms with Crippen molar-refractivity contribution in [2.75, 3.05) is 0 Å². The largest absolute Gasteiger partial charge is 0.436 e. The van der Waals surface area contributed by atoms with Gasteiger partial charge in [0.2, 0.25) is 5.88 Å². The third kappa shape index (κ3) is 0.0976. The lowest BCUT2D eigenvalue weighted by Crippen LogP contribution is -2.43. The molecule has 1 unspecified atom stereocenters. The molecule has 0 radical (unpaired) electrons. The molecule has 1 saturated heterocycles. The fourth-order valence-corrected chi connectivity index (χ4v) is 0.564. The molecule has 0 aromatic carbocycles. The van der Waals surface area contributed by atoms with Crippen molar-refractivity contribution in [2.45, 2.75) is 6.35 Å². The van der Waals surface area contributed by atoms with Gasteiger partial charge in [-0.2, -0.15) is 0 Å². The Morgan fingerprint density at radius 3 is 2.83 bits per heavy atom. The first-order valence-electron chi connectivity index (χ1n) is 1.84. The van der Waals surface area contributed by atoms with Crippen LogP contribution in [0.3, 0.4) is 0 Å². The first-order valence-corrected chi connectivity index (χ1v) is 1.84. The number of rotatable bonds is 0. The first kappa shape index (κ1) is 2.34. The molecule has 3 aliphatic rings. The molecule has 1 atom stereocenters. The summed E-state index contributed by atoms with van der Waals surface area (Å²) in [4.78, 5) is 0. The first-order chi connectivity index (χ1) is 2.95. The van der Waals surface area contributed by atoms with Crippen LogP contribution >= 0.6 is 0 Å². The molecular formula is C3H4N2O. The van der Waals surface area contributed by atoms with Crippen LogP contribution in [-0.2, 0) is 4.74 Å². The molecule has 0 spiro atoms. The van der Waals surface area contributed by atoms with Crippen molar-refractivity contribution >= 4 is 0 Å². The molecule has 3 aliphatic heterocycles. The highest BCUT2D eigenvalue weighted by Crippen LogP contribution is 2.13. The summed E-state index contributed by atoms with van der Waals surface area (Å²) in [6, 6.07) is 0. The van der Waals surface area contributed by atoms with E-state index in [9.17, 15) is 0 Å². The van der Waals surface area contributed by atoms with E-state index in [2.05, 4.69) is 10.6 Å². The minimum Gasteiger partial charge on any atom is -0.436 e. The Hall–Kier alpha value is -0.860. The van der Waals surface area contributed by atoms with Gasteiger partial charge in [0.05, 0.1) is 6.20 Å². The number of fused-ring (bicyclic) bond motifs is 1. The van der Waals surface area contributed by atoms with Crippen LogP contribution in [0.1, 0.15) is 0 Å². The van der Waals surface area contributed by atoms with Crippen LogP contribution in [0.4, 0.5) is 0 Å². The maximum Gasteiger partial charge on any atom is 0.252 e. The minimum absolute atomic E-state index is 0.0972. The smallest absolute Gasteiger partial charge is 0.252 e. The third-order valence-electron chi connectivity index (χ3n) is 0.884. The molecule has 3 heteroatoms. The van der Waals surface area contributed by atoms with Gasteiger partial charge in [-0.25, -0.2) is 0 Å². The molecule has 3 heterocycles. The second kappa shape index (κ2) is 0.489. The van der Waals surface area contributed by atoms with Gasteiger partial charge in [-0.1, -0.05) is 0 Å². The minimum atomic E-state index is 0.0972. The maximum atomic E-state index is 4.89.